The molecule has 0 aliphatic heterocycles. The number of hydrogen-bond acceptors (Lipinski definition) is 5. The van der Waals surface area contributed by atoms with Crippen molar-refractivity contribution in [3.05, 3.63) is 48.8 Å². The largest absolute Gasteiger partial charge is 0.288 e. The Hall–Kier alpha value is -3.57. The molecule has 1 amide bonds. The van der Waals surface area contributed by atoms with E-state index in [0.717, 1.165) is 10.4 Å². The maximum atomic E-state index is 10.7. The molecule has 0 fully saturated rings. The number of thiophene rings is 1. The predicted octanol–water partition coefficient (Wildman–Crippen LogP) is 5.12. The zero-order chi connectivity index (χ0) is 20.6. The standard InChI is InChI=1S/C8H7N3OS.C8H6.CH4.HN3.OS/c1-6-4-7(13-5-6)2-3-8(12)10-11-9;1-3-5-7-8-6-4-2;;1-3-2;1-2/h2-5H,1H3;1-2H3;1H4;1H;/b3-2+;;;;. The van der Waals surface area contributed by atoms with E-state index in [1.165, 1.54) is 17.4 Å². The third kappa shape index (κ3) is 27.6. The van der Waals surface area contributed by atoms with E-state index in [4.69, 9.17) is 20.8 Å². The third-order valence-electron chi connectivity index (χ3n) is 1.72. The second kappa shape index (κ2) is 27.3. The first-order valence-corrected chi connectivity index (χ1v) is 7.60. The molecule has 0 aliphatic carbocycles. The maximum absolute atomic E-state index is 10.7. The molecule has 1 rings (SSSR count). The molecular weight excluding hydrogens is 384 g/mol. The SMILES string of the molecule is C.CC#CC#CC#CC.Cc1csc(/C=C/C(=O)N=[N+]=[N-])c1.O=S.[N-]=[N+]=N. The van der Waals surface area contributed by atoms with E-state index in [1.54, 1.807) is 24.8 Å². The predicted molar refractivity (Wildman–Crippen MR) is 111 cm³/mol. The molecule has 0 aromatic carbocycles. The van der Waals surface area contributed by atoms with Crippen LogP contribution in [-0.2, 0) is 17.3 Å². The topological polar surface area (TPSA) is 143 Å². The smallest absolute Gasteiger partial charge is 0.242 e. The molecule has 0 atom stereocenters. The van der Waals surface area contributed by atoms with Crippen LogP contribution >= 0.6 is 11.3 Å². The molecule has 0 spiro atoms. The van der Waals surface area contributed by atoms with Crippen molar-refractivity contribution in [3.8, 4) is 35.5 Å². The van der Waals surface area contributed by atoms with E-state index >= 15 is 0 Å². The van der Waals surface area contributed by atoms with Crippen LogP contribution in [0.4, 0.5) is 0 Å². The number of nitrogens with one attached hydrogen (secondary N) is 1. The molecule has 0 saturated heterocycles. The Morgan fingerprint density at radius 3 is 2.04 bits per heavy atom. The first-order valence-electron chi connectivity index (χ1n) is 6.38. The Bertz CT molecular complexity index is 821. The lowest BCUT2D eigenvalue weighted by Gasteiger charge is -1.80. The fourth-order valence-corrected chi connectivity index (χ4v) is 1.75. The van der Waals surface area contributed by atoms with Crippen LogP contribution in [-0.4, -0.2) is 10.1 Å². The molecule has 8 nitrogen and oxygen atoms in total. The summed E-state index contributed by atoms with van der Waals surface area (Å²) in [5.41, 5.74) is 21.3. The molecule has 1 N–H and O–H groups in total. The van der Waals surface area contributed by atoms with Crippen LogP contribution < -0.4 is 0 Å². The Morgan fingerprint density at radius 1 is 1.22 bits per heavy atom. The number of rotatable bonds is 2. The van der Waals surface area contributed by atoms with Gasteiger partial charge < -0.3 is 0 Å². The molecule has 140 valence electrons. The van der Waals surface area contributed by atoms with E-state index < -0.39 is 5.91 Å². The van der Waals surface area contributed by atoms with Crippen molar-refractivity contribution in [1.82, 2.24) is 0 Å². The third-order valence-corrected chi connectivity index (χ3v) is 2.74. The van der Waals surface area contributed by atoms with E-state index in [1.807, 2.05) is 18.4 Å². The van der Waals surface area contributed by atoms with Crippen LogP contribution in [0.1, 0.15) is 31.7 Å². The molecule has 0 radical (unpaired) electrons. The quantitative estimate of drug-likeness (QED) is 0.241. The molecule has 27 heavy (non-hydrogen) atoms. The van der Waals surface area contributed by atoms with Gasteiger partial charge in [-0.15, -0.1) is 16.9 Å². The van der Waals surface area contributed by atoms with Gasteiger partial charge in [0.25, 0.3) is 0 Å². The number of hydrogen-bond donors (Lipinski definition) is 1. The van der Waals surface area contributed by atoms with Gasteiger partial charge in [-0.3, -0.25) is 4.79 Å². The molecular formula is C17H18N6O2S2. The van der Waals surface area contributed by atoms with Gasteiger partial charge in [-0.25, -0.2) is 0 Å². The average molecular weight is 403 g/mol. The lowest BCUT2D eigenvalue weighted by Crippen LogP contribution is -1.80. The number of aryl methyl sites for hydroxylation is 1. The van der Waals surface area contributed by atoms with Crippen molar-refractivity contribution in [1.29, 1.82) is 5.53 Å². The summed E-state index contributed by atoms with van der Waals surface area (Å²) in [5, 5.41) is 4.89. The van der Waals surface area contributed by atoms with Crippen molar-refractivity contribution in [2.45, 2.75) is 28.2 Å². The van der Waals surface area contributed by atoms with E-state index in [9.17, 15) is 4.79 Å². The summed E-state index contributed by atoms with van der Waals surface area (Å²) < 4.78 is 7.83. The van der Waals surface area contributed by atoms with Crippen molar-refractivity contribution >= 4 is 35.9 Å². The van der Waals surface area contributed by atoms with E-state index in [0.29, 0.717) is 0 Å². The normalized spacial score (nSPS) is 6.33. The van der Waals surface area contributed by atoms with Crippen LogP contribution in [0.2, 0.25) is 0 Å². The number of carbonyl (C=O) groups is 1. The van der Waals surface area contributed by atoms with Gasteiger partial charge in [0.15, 0.2) is 12.5 Å². The molecule has 1 aromatic heterocycles. The molecule has 1 aromatic rings. The highest BCUT2D eigenvalue weighted by Crippen LogP contribution is 2.14. The second-order valence-electron chi connectivity index (χ2n) is 3.49. The zero-order valence-electron chi connectivity index (χ0n) is 14.2. The van der Waals surface area contributed by atoms with Gasteiger partial charge in [-0.1, -0.05) is 19.3 Å². The average Bonchev–Trinajstić information content (AvgIpc) is 3.06. The van der Waals surface area contributed by atoms with Crippen LogP contribution in [0, 0.1) is 48.0 Å². The highest BCUT2D eigenvalue weighted by Gasteiger charge is 1.92. The lowest BCUT2D eigenvalue weighted by molar-refractivity contribution is -0.113. The van der Waals surface area contributed by atoms with Gasteiger partial charge in [0, 0.05) is 9.79 Å². The van der Waals surface area contributed by atoms with Crippen LogP contribution in [0.5, 0.6) is 0 Å². The van der Waals surface area contributed by atoms with Crippen LogP contribution in [0.3, 0.4) is 0 Å². The highest BCUT2D eigenvalue weighted by molar-refractivity contribution is 7.44. The number of carbonyl (C=O) groups excluding carboxylic acids is 1. The Morgan fingerprint density at radius 2 is 1.70 bits per heavy atom. The fourth-order valence-electron chi connectivity index (χ4n) is 0.959. The maximum Gasteiger partial charge on any atom is 0.242 e. The molecule has 1 heterocycles. The van der Waals surface area contributed by atoms with Gasteiger partial charge >= 0.3 is 0 Å². The second-order valence-corrected chi connectivity index (χ2v) is 4.43. The fraction of sp³-hybridized carbons (Fsp3) is 0.235. The summed E-state index contributed by atoms with van der Waals surface area (Å²) in [4.78, 5) is 15.8. The van der Waals surface area contributed by atoms with Crippen molar-refractivity contribution < 1.29 is 9.00 Å². The molecule has 10 heteroatoms. The molecule has 0 saturated carbocycles. The minimum Gasteiger partial charge on any atom is -0.288 e. The first kappa shape index (κ1) is 31.2. The van der Waals surface area contributed by atoms with Crippen molar-refractivity contribution in [2.24, 2.45) is 5.11 Å². The van der Waals surface area contributed by atoms with Gasteiger partial charge in [0.2, 0.25) is 5.91 Å². The van der Waals surface area contributed by atoms with Crippen LogP contribution in [0.15, 0.2) is 22.6 Å². The van der Waals surface area contributed by atoms with Crippen molar-refractivity contribution in [2.75, 3.05) is 0 Å². The van der Waals surface area contributed by atoms with Gasteiger partial charge in [-0.05, 0) is 94.7 Å². The molecule has 0 bridgehead atoms. The van der Waals surface area contributed by atoms with Gasteiger partial charge in [0.05, 0.1) is 0 Å². The van der Waals surface area contributed by atoms with E-state index in [2.05, 4.69) is 58.1 Å². The number of amides is 1. The lowest BCUT2D eigenvalue weighted by atomic mass is 10.3. The number of azide groups is 1. The van der Waals surface area contributed by atoms with Gasteiger partial charge in [-0.2, -0.15) is 4.21 Å². The summed E-state index contributed by atoms with van der Waals surface area (Å²) >= 11 is 4.37. The zero-order valence-corrected chi connectivity index (χ0v) is 15.8. The molecule has 0 aliphatic rings. The van der Waals surface area contributed by atoms with E-state index in [-0.39, 0.29) is 7.43 Å². The summed E-state index contributed by atoms with van der Waals surface area (Å²) in [6.45, 7) is 5.46. The Kier molecular flexibility index (Phi) is 31.6. The first-order chi connectivity index (χ1) is 12.5. The van der Waals surface area contributed by atoms with Gasteiger partial charge in [0.1, 0.15) is 0 Å². The summed E-state index contributed by atoms with van der Waals surface area (Å²) in [5.74, 6) is 14.9. The minimum atomic E-state index is -0.575. The summed E-state index contributed by atoms with van der Waals surface area (Å²) in [6, 6.07) is 1.95. The Labute approximate surface area is 168 Å². The number of nitrogens with zero attached hydrogens (tertiary/aromatic N) is 5. The monoisotopic (exact) mass is 402 g/mol. The van der Waals surface area contributed by atoms with Crippen LogP contribution in [0.25, 0.3) is 27.0 Å². The minimum absolute atomic E-state index is 0. The summed E-state index contributed by atoms with van der Waals surface area (Å²) in [6.07, 6.45) is 2.89. The van der Waals surface area contributed by atoms with Crippen molar-refractivity contribution in [3.63, 3.8) is 0 Å². The molecule has 0 unspecified atom stereocenters. The Balaban J connectivity index is -0.000000163. The summed E-state index contributed by atoms with van der Waals surface area (Å²) in [7, 11) is 0. The highest BCUT2D eigenvalue weighted by atomic mass is 32.1.